The van der Waals surface area contributed by atoms with Crippen LogP contribution in [0.1, 0.15) is 24.2 Å². The van der Waals surface area contributed by atoms with E-state index in [4.69, 9.17) is 19.9 Å². The Morgan fingerprint density at radius 3 is 2.52 bits per heavy atom. The molecule has 0 aromatic heterocycles. The second-order valence-corrected chi connectivity index (χ2v) is 5.18. The minimum Gasteiger partial charge on any atom is -0.493 e. The zero-order valence-electron chi connectivity index (χ0n) is 12.8. The number of nitrogens with one attached hydrogen (secondary N) is 1. The van der Waals surface area contributed by atoms with E-state index in [1.54, 1.807) is 0 Å². The number of imide groups is 1. The molecule has 1 atom stereocenters. The van der Waals surface area contributed by atoms with Gasteiger partial charge in [-0.1, -0.05) is 0 Å². The van der Waals surface area contributed by atoms with Crippen LogP contribution in [0, 0.1) is 0 Å². The maximum atomic E-state index is 12.1. The number of nitrogens with two attached hydrogens (primary N) is 1. The molecule has 0 aliphatic heterocycles. The summed E-state index contributed by atoms with van der Waals surface area (Å²) in [5.74, 6) is -0.796. The van der Waals surface area contributed by atoms with Gasteiger partial charge in [0, 0.05) is 0 Å². The van der Waals surface area contributed by atoms with Crippen molar-refractivity contribution in [1.82, 2.24) is 5.32 Å². The lowest BCUT2D eigenvalue weighted by Crippen LogP contribution is -2.42. The predicted octanol–water partition coefficient (Wildman–Crippen LogP) is 1.60. The molecule has 0 saturated carbocycles. The van der Waals surface area contributed by atoms with Crippen LogP contribution in [0.25, 0.3) is 0 Å². The standard InChI is InChI=1S/C14H17BrN2O6/c1-4-22-11-9(15)5-8(6-10(11)21-3)13(19)23-7(2)12(18)17-14(16)20/h5-7H,4H2,1-3H3,(H3,16,17,18,20)/t7-/m0/s1. The first-order valence-corrected chi connectivity index (χ1v) is 7.41. The van der Waals surface area contributed by atoms with Gasteiger partial charge in [-0.25, -0.2) is 9.59 Å². The average Bonchev–Trinajstić information content (AvgIpc) is 2.48. The number of esters is 1. The molecular weight excluding hydrogens is 372 g/mol. The molecule has 0 bridgehead atoms. The van der Waals surface area contributed by atoms with E-state index in [0.717, 1.165) is 0 Å². The predicted molar refractivity (Wildman–Crippen MR) is 84.5 cm³/mol. The highest BCUT2D eigenvalue weighted by Crippen LogP contribution is 2.36. The number of methoxy groups -OCH3 is 1. The zero-order chi connectivity index (χ0) is 17.6. The molecule has 9 heteroatoms. The number of carbonyl (C=O) groups excluding carboxylic acids is 3. The van der Waals surface area contributed by atoms with Crippen molar-refractivity contribution < 1.29 is 28.6 Å². The fraction of sp³-hybridized carbons (Fsp3) is 0.357. The fourth-order valence-electron chi connectivity index (χ4n) is 1.63. The zero-order valence-corrected chi connectivity index (χ0v) is 14.4. The Balaban J connectivity index is 2.94. The minimum atomic E-state index is -1.19. The molecule has 1 aromatic carbocycles. The maximum Gasteiger partial charge on any atom is 0.339 e. The Kier molecular flexibility index (Phi) is 6.83. The number of rotatable bonds is 6. The van der Waals surface area contributed by atoms with E-state index in [1.165, 1.54) is 26.2 Å². The molecule has 1 aromatic rings. The molecule has 0 unspecified atom stereocenters. The Morgan fingerprint density at radius 2 is 2.00 bits per heavy atom. The van der Waals surface area contributed by atoms with Crippen LogP contribution >= 0.6 is 15.9 Å². The van der Waals surface area contributed by atoms with Crippen molar-refractivity contribution in [2.45, 2.75) is 20.0 Å². The smallest absolute Gasteiger partial charge is 0.339 e. The van der Waals surface area contributed by atoms with Crippen LogP contribution in [-0.2, 0) is 9.53 Å². The highest BCUT2D eigenvalue weighted by molar-refractivity contribution is 9.10. The van der Waals surface area contributed by atoms with Crippen molar-refractivity contribution in [1.29, 1.82) is 0 Å². The molecule has 0 aliphatic carbocycles. The summed E-state index contributed by atoms with van der Waals surface area (Å²) in [5.41, 5.74) is 4.98. The number of halogens is 1. The van der Waals surface area contributed by atoms with E-state index in [0.29, 0.717) is 22.6 Å². The monoisotopic (exact) mass is 388 g/mol. The first-order valence-electron chi connectivity index (χ1n) is 6.61. The molecule has 0 aliphatic rings. The molecule has 0 radical (unpaired) electrons. The highest BCUT2D eigenvalue weighted by atomic mass is 79.9. The Bertz CT molecular complexity index is 620. The third kappa shape index (κ3) is 5.13. The first kappa shape index (κ1) is 18.8. The quantitative estimate of drug-likeness (QED) is 0.714. The summed E-state index contributed by atoms with van der Waals surface area (Å²) in [6.45, 7) is 3.55. The molecule has 0 heterocycles. The Hall–Kier alpha value is -2.29. The number of amides is 3. The molecule has 23 heavy (non-hydrogen) atoms. The number of urea groups is 1. The van der Waals surface area contributed by atoms with Gasteiger partial charge in [-0.15, -0.1) is 0 Å². The maximum absolute atomic E-state index is 12.1. The van der Waals surface area contributed by atoms with E-state index in [9.17, 15) is 14.4 Å². The molecular formula is C14H17BrN2O6. The summed E-state index contributed by atoms with van der Waals surface area (Å²) in [6, 6.07) is 1.88. The van der Waals surface area contributed by atoms with E-state index < -0.39 is 24.0 Å². The van der Waals surface area contributed by atoms with Crippen molar-refractivity contribution in [2.75, 3.05) is 13.7 Å². The van der Waals surface area contributed by atoms with Crippen LogP contribution in [0.15, 0.2) is 16.6 Å². The summed E-state index contributed by atoms with van der Waals surface area (Å²) in [4.78, 5) is 34.2. The molecule has 0 fully saturated rings. The van der Waals surface area contributed by atoms with Gasteiger partial charge in [0.25, 0.3) is 5.91 Å². The second kappa shape index (κ2) is 8.37. The van der Waals surface area contributed by atoms with E-state index in [2.05, 4.69) is 15.9 Å². The van der Waals surface area contributed by atoms with E-state index in [-0.39, 0.29) is 5.56 Å². The van der Waals surface area contributed by atoms with Gasteiger partial charge in [0.1, 0.15) is 0 Å². The van der Waals surface area contributed by atoms with Gasteiger partial charge in [0.05, 0.1) is 23.8 Å². The highest BCUT2D eigenvalue weighted by Gasteiger charge is 2.22. The van der Waals surface area contributed by atoms with Crippen LogP contribution in [0.3, 0.4) is 0 Å². The van der Waals surface area contributed by atoms with Gasteiger partial charge in [-0.2, -0.15) is 0 Å². The number of ether oxygens (including phenoxy) is 3. The molecule has 0 saturated heterocycles. The van der Waals surface area contributed by atoms with Crippen LogP contribution in [0.5, 0.6) is 11.5 Å². The molecule has 8 nitrogen and oxygen atoms in total. The topological polar surface area (TPSA) is 117 Å². The van der Waals surface area contributed by atoms with Crippen LogP contribution in [0.4, 0.5) is 4.79 Å². The van der Waals surface area contributed by atoms with Crippen molar-refractivity contribution in [3.63, 3.8) is 0 Å². The largest absolute Gasteiger partial charge is 0.493 e. The number of carbonyl (C=O) groups is 3. The van der Waals surface area contributed by atoms with Gasteiger partial charge in [-0.3, -0.25) is 10.1 Å². The summed E-state index contributed by atoms with van der Waals surface area (Å²) in [5, 5.41) is 1.83. The number of benzene rings is 1. The van der Waals surface area contributed by atoms with Crippen LogP contribution < -0.4 is 20.5 Å². The summed E-state index contributed by atoms with van der Waals surface area (Å²) < 4.78 is 16.1. The average molecular weight is 389 g/mol. The van der Waals surface area contributed by atoms with Gasteiger partial charge >= 0.3 is 12.0 Å². The van der Waals surface area contributed by atoms with E-state index >= 15 is 0 Å². The van der Waals surface area contributed by atoms with Crippen LogP contribution in [-0.4, -0.2) is 37.7 Å². The molecule has 126 valence electrons. The van der Waals surface area contributed by atoms with Gasteiger partial charge in [-0.05, 0) is 41.9 Å². The summed E-state index contributed by atoms with van der Waals surface area (Å²) >= 11 is 3.28. The van der Waals surface area contributed by atoms with Crippen molar-refractivity contribution in [3.8, 4) is 11.5 Å². The number of hydrogen-bond acceptors (Lipinski definition) is 6. The van der Waals surface area contributed by atoms with Gasteiger partial charge in [0.2, 0.25) is 0 Å². The Morgan fingerprint density at radius 1 is 1.35 bits per heavy atom. The molecule has 3 N–H and O–H groups in total. The van der Waals surface area contributed by atoms with Crippen molar-refractivity contribution in [3.05, 3.63) is 22.2 Å². The lowest BCUT2D eigenvalue weighted by molar-refractivity contribution is -0.127. The molecule has 1 rings (SSSR count). The SMILES string of the molecule is CCOc1c(Br)cc(C(=O)O[C@@H](C)C(=O)NC(N)=O)cc1OC. The first-order chi connectivity index (χ1) is 10.8. The van der Waals surface area contributed by atoms with E-state index in [1.807, 2.05) is 12.2 Å². The molecule has 0 spiro atoms. The summed E-state index contributed by atoms with van der Waals surface area (Å²) in [7, 11) is 1.43. The minimum absolute atomic E-state index is 0.149. The summed E-state index contributed by atoms with van der Waals surface area (Å²) in [6.07, 6.45) is -1.19. The Labute approximate surface area is 141 Å². The number of primary amides is 1. The van der Waals surface area contributed by atoms with Crippen molar-refractivity contribution in [2.24, 2.45) is 5.73 Å². The lowest BCUT2D eigenvalue weighted by Gasteiger charge is -2.15. The number of hydrogen-bond donors (Lipinski definition) is 2. The van der Waals surface area contributed by atoms with Crippen LogP contribution in [0.2, 0.25) is 0 Å². The third-order valence-corrected chi connectivity index (χ3v) is 3.24. The normalized spacial score (nSPS) is 11.3. The van der Waals surface area contributed by atoms with Crippen molar-refractivity contribution >= 4 is 33.8 Å². The second-order valence-electron chi connectivity index (χ2n) is 4.32. The fourth-order valence-corrected chi connectivity index (χ4v) is 2.18. The molecule has 3 amide bonds. The third-order valence-electron chi connectivity index (χ3n) is 2.65. The lowest BCUT2D eigenvalue weighted by atomic mass is 10.2. The van der Waals surface area contributed by atoms with Gasteiger partial charge in [0.15, 0.2) is 17.6 Å². The van der Waals surface area contributed by atoms with Gasteiger partial charge < -0.3 is 19.9 Å².